The van der Waals surface area contributed by atoms with Crippen molar-refractivity contribution in [3.05, 3.63) is 35.4 Å². The fraction of sp³-hybridized carbons (Fsp3) is 0.609. The van der Waals surface area contributed by atoms with Gasteiger partial charge in [-0.1, -0.05) is 19.1 Å². The summed E-state index contributed by atoms with van der Waals surface area (Å²) in [5.41, 5.74) is 3.62. The van der Waals surface area contributed by atoms with Crippen LogP contribution in [0.3, 0.4) is 0 Å². The Labute approximate surface area is 187 Å². The van der Waals surface area contributed by atoms with E-state index in [1.165, 1.54) is 27.3 Å². The fourth-order valence-electron chi connectivity index (χ4n) is 4.98. The molecule has 0 bridgehead atoms. The van der Waals surface area contributed by atoms with Crippen LogP contribution in [0.4, 0.5) is 0 Å². The molecule has 2 atom stereocenters. The highest BCUT2D eigenvalue weighted by Gasteiger charge is 2.34. The van der Waals surface area contributed by atoms with E-state index in [2.05, 4.69) is 35.3 Å². The van der Waals surface area contributed by atoms with Crippen molar-refractivity contribution < 1.29 is 17.4 Å². The lowest BCUT2D eigenvalue weighted by Gasteiger charge is -2.35. The van der Waals surface area contributed by atoms with Crippen LogP contribution in [-0.4, -0.2) is 71.4 Å². The Balaban J connectivity index is 1.38. The van der Waals surface area contributed by atoms with E-state index in [0.29, 0.717) is 24.8 Å². The zero-order valence-electron chi connectivity index (χ0n) is 18.6. The van der Waals surface area contributed by atoms with E-state index >= 15 is 0 Å². The van der Waals surface area contributed by atoms with Gasteiger partial charge in [-0.2, -0.15) is 4.31 Å². The van der Waals surface area contributed by atoms with Gasteiger partial charge >= 0.3 is 0 Å². The lowest BCUT2D eigenvalue weighted by Crippen LogP contribution is -2.42. The van der Waals surface area contributed by atoms with E-state index in [1.54, 1.807) is 0 Å². The van der Waals surface area contributed by atoms with Gasteiger partial charge in [-0.3, -0.25) is 4.21 Å². The molecule has 0 saturated carbocycles. The number of rotatable bonds is 6. The average Bonchev–Trinajstić information content (AvgIpc) is 3.17. The standard InChI is InChI=1S/C23H34N2O4S2/c1-4-15-30(2,26)24-11-9-19(10-12-24)23-17-21-16-20(5-6-22(21)29-23)18-7-13-25(14-8-18)31(3,27)28/h5-7,16,19,23H,2,4,8-15,17H2,1,3H3. The van der Waals surface area contributed by atoms with Crippen LogP contribution in [0, 0.1) is 5.92 Å². The van der Waals surface area contributed by atoms with Crippen LogP contribution in [0.1, 0.15) is 43.7 Å². The van der Waals surface area contributed by atoms with Crippen molar-refractivity contribution in [3.63, 3.8) is 0 Å². The highest BCUT2D eigenvalue weighted by molar-refractivity contribution is 7.98. The molecule has 0 radical (unpaired) electrons. The van der Waals surface area contributed by atoms with Crippen LogP contribution in [0.2, 0.25) is 0 Å². The Bertz CT molecular complexity index is 1060. The van der Waals surface area contributed by atoms with Gasteiger partial charge in [0.1, 0.15) is 11.9 Å². The van der Waals surface area contributed by atoms with Crippen molar-refractivity contribution in [2.75, 3.05) is 38.2 Å². The molecule has 1 aromatic rings. The van der Waals surface area contributed by atoms with Gasteiger partial charge in [0, 0.05) is 48.1 Å². The molecule has 31 heavy (non-hydrogen) atoms. The summed E-state index contributed by atoms with van der Waals surface area (Å²) in [5, 5.41) is 0. The normalized spacial score (nSPS) is 25.5. The maximum absolute atomic E-state index is 12.8. The second kappa shape index (κ2) is 8.89. The third kappa shape index (κ3) is 5.02. The number of ether oxygens (including phenoxy) is 1. The largest absolute Gasteiger partial charge is 0.490 e. The molecule has 0 amide bonds. The quantitative estimate of drug-likeness (QED) is 0.605. The van der Waals surface area contributed by atoms with Gasteiger partial charge in [-0.25, -0.2) is 12.7 Å². The van der Waals surface area contributed by atoms with E-state index < -0.39 is 19.7 Å². The second-order valence-electron chi connectivity index (χ2n) is 9.03. The Morgan fingerprint density at radius 2 is 1.87 bits per heavy atom. The number of fused-ring (bicyclic) bond motifs is 1. The Morgan fingerprint density at radius 1 is 1.13 bits per heavy atom. The topological polar surface area (TPSA) is 66.9 Å². The molecule has 4 rings (SSSR count). The fourth-order valence-corrected chi connectivity index (χ4v) is 7.52. The zero-order chi connectivity index (χ0) is 22.2. The lowest BCUT2D eigenvalue weighted by atomic mass is 9.89. The zero-order valence-corrected chi connectivity index (χ0v) is 20.2. The number of benzene rings is 1. The van der Waals surface area contributed by atoms with E-state index in [4.69, 9.17) is 4.74 Å². The molecule has 8 heteroatoms. The first-order valence-corrected chi connectivity index (χ1v) is 14.9. The predicted octanol–water partition coefficient (Wildman–Crippen LogP) is 2.79. The minimum absolute atomic E-state index is 0.181. The molecule has 3 aliphatic rings. The predicted molar refractivity (Wildman–Crippen MR) is 128 cm³/mol. The van der Waals surface area contributed by atoms with Gasteiger partial charge < -0.3 is 4.74 Å². The van der Waals surface area contributed by atoms with E-state index in [0.717, 1.165) is 50.9 Å². The summed E-state index contributed by atoms with van der Waals surface area (Å²) < 4.78 is 46.1. The molecule has 3 aliphatic heterocycles. The second-order valence-corrected chi connectivity index (χ2v) is 13.5. The van der Waals surface area contributed by atoms with Crippen LogP contribution in [0.5, 0.6) is 5.75 Å². The summed E-state index contributed by atoms with van der Waals surface area (Å²) in [6, 6.07) is 6.37. The third-order valence-electron chi connectivity index (χ3n) is 6.79. The van der Waals surface area contributed by atoms with Crippen molar-refractivity contribution in [1.29, 1.82) is 0 Å². The minimum Gasteiger partial charge on any atom is -0.490 e. The number of hydrogen-bond acceptors (Lipinski definition) is 4. The Kier molecular flexibility index (Phi) is 6.54. The lowest BCUT2D eigenvalue weighted by molar-refractivity contribution is 0.117. The smallest absolute Gasteiger partial charge is 0.211 e. The molecule has 172 valence electrons. The first-order chi connectivity index (χ1) is 14.7. The molecule has 1 aromatic carbocycles. The molecule has 1 fully saturated rings. The van der Waals surface area contributed by atoms with Crippen molar-refractivity contribution >= 4 is 31.2 Å². The van der Waals surface area contributed by atoms with Crippen LogP contribution in [0.15, 0.2) is 24.3 Å². The van der Waals surface area contributed by atoms with Crippen LogP contribution in [-0.2, 0) is 26.2 Å². The highest BCUT2D eigenvalue weighted by atomic mass is 32.2. The van der Waals surface area contributed by atoms with Crippen molar-refractivity contribution in [1.82, 2.24) is 8.61 Å². The van der Waals surface area contributed by atoms with Gasteiger partial charge in [0.15, 0.2) is 0 Å². The minimum atomic E-state index is -3.13. The molecule has 1 saturated heterocycles. The maximum atomic E-state index is 12.8. The molecule has 0 aliphatic carbocycles. The summed E-state index contributed by atoms with van der Waals surface area (Å²) in [6.07, 6.45) is 8.00. The van der Waals surface area contributed by atoms with E-state index in [1.807, 2.05) is 6.08 Å². The summed E-state index contributed by atoms with van der Waals surface area (Å²) in [6.45, 7) is 4.69. The van der Waals surface area contributed by atoms with Crippen molar-refractivity contribution in [2.24, 2.45) is 5.92 Å². The first-order valence-electron chi connectivity index (χ1n) is 11.2. The van der Waals surface area contributed by atoms with Crippen molar-refractivity contribution in [3.8, 4) is 5.75 Å². The molecule has 0 spiro atoms. The van der Waals surface area contributed by atoms with Gasteiger partial charge in [-0.05, 0) is 66.3 Å². The van der Waals surface area contributed by atoms with Gasteiger partial charge in [0.25, 0.3) is 0 Å². The van der Waals surface area contributed by atoms with Crippen LogP contribution < -0.4 is 4.74 Å². The average molecular weight is 467 g/mol. The van der Waals surface area contributed by atoms with Gasteiger partial charge in [-0.15, -0.1) is 0 Å². The highest BCUT2D eigenvalue weighted by Crippen LogP contribution is 2.37. The van der Waals surface area contributed by atoms with E-state index in [-0.39, 0.29) is 6.10 Å². The third-order valence-corrected chi connectivity index (χ3v) is 10.4. The van der Waals surface area contributed by atoms with Crippen LogP contribution in [0.25, 0.3) is 5.57 Å². The van der Waals surface area contributed by atoms with Gasteiger partial charge in [0.05, 0.1) is 6.26 Å². The first kappa shape index (κ1) is 22.8. The Morgan fingerprint density at radius 3 is 2.48 bits per heavy atom. The number of hydrogen-bond donors (Lipinski definition) is 0. The summed E-state index contributed by atoms with van der Waals surface area (Å²) in [4.78, 5) is 0. The molecule has 0 aromatic heterocycles. The number of piperidine rings is 1. The van der Waals surface area contributed by atoms with Crippen molar-refractivity contribution in [2.45, 2.75) is 45.1 Å². The monoisotopic (exact) mass is 466 g/mol. The molecule has 6 nitrogen and oxygen atoms in total. The summed E-state index contributed by atoms with van der Waals surface area (Å²) in [7, 11) is -5.25. The summed E-state index contributed by atoms with van der Waals surface area (Å²) >= 11 is 0. The van der Waals surface area contributed by atoms with Crippen LogP contribution >= 0.6 is 0 Å². The Hall–Kier alpha value is -1.35. The SMILES string of the molecule is C=S(=O)(CCC)N1CCC(C2Cc3cc(C4=CCN(S(C)(=O)=O)CC4)ccc3O2)CC1. The molecule has 3 heterocycles. The molecule has 0 N–H and O–H groups in total. The maximum Gasteiger partial charge on any atom is 0.211 e. The number of nitrogens with zero attached hydrogens (tertiary/aromatic N) is 2. The molecular weight excluding hydrogens is 432 g/mol. The number of sulfonamides is 1. The van der Waals surface area contributed by atoms with E-state index in [9.17, 15) is 12.6 Å². The molecule has 2 unspecified atom stereocenters. The summed E-state index contributed by atoms with van der Waals surface area (Å²) in [5.74, 6) is 6.10. The van der Waals surface area contributed by atoms with Gasteiger partial charge in [0.2, 0.25) is 10.0 Å². The molecular formula is C23H34N2O4S2.